The fourth-order valence-electron chi connectivity index (χ4n) is 21.0. The first-order valence-corrected chi connectivity index (χ1v) is 44.8. The number of rotatable bonds is 17. The van der Waals surface area contributed by atoms with Gasteiger partial charge in [0.25, 0.3) is 0 Å². The predicted molar refractivity (Wildman–Crippen MR) is 479 cm³/mol. The summed E-state index contributed by atoms with van der Waals surface area (Å²) in [6.45, 7) is 24.9. The molecule has 31 heteroatoms. The molecular weight excluding hydrogens is 1630 g/mol. The van der Waals surface area contributed by atoms with Crippen LogP contribution in [0, 0.1) is 10.8 Å². The zero-order chi connectivity index (χ0) is 89.6. The predicted octanol–water partition coefficient (Wildman–Crippen LogP) is 18.0. The van der Waals surface area contributed by atoms with Gasteiger partial charge in [-0.3, -0.25) is 42.9 Å². The maximum Gasteiger partial charge on any atom is 0.311 e. The number of carbonyl (C=O) groups is 8. The molecule has 13 unspecified atom stereocenters. The van der Waals surface area contributed by atoms with Crippen LogP contribution >= 0.6 is 0 Å². The van der Waals surface area contributed by atoms with Crippen molar-refractivity contribution in [2.45, 2.75) is 240 Å². The number of hydrogen-bond donors (Lipinski definition) is 12. The molecule has 9 aliphatic rings. The Hall–Kier alpha value is -13.6. The minimum Gasteiger partial charge on any atom is -0.469 e. The number of methoxy groups -OCH3 is 1. The average Bonchev–Trinajstić information content (AvgIpc) is 1.46. The number of hydrogen-bond acceptors (Lipinski definition) is 24. The summed E-state index contributed by atoms with van der Waals surface area (Å²) in [6, 6.07) is 30.9. The van der Waals surface area contributed by atoms with Gasteiger partial charge in [0, 0.05) is 190 Å². The van der Waals surface area contributed by atoms with E-state index in [0.717, 1.165) is 44.5 Å². The Morgan fingerprint density at radius 2 is 0.570 bits per heavy atom. The number of fused-ring (bicyclic) bond motifs is 21. The first-order chi connectivity index (χ1) is 61.6. The minimum atomic E-state index is -1.02. The molecule has 18 rings (SSSR count). The molecule has 1 fully saturated rings. The van der Waals surface area contributed by atoms with E-state index in [1.165, 1.54) is 7.11 Å². The van der Waals surface area contributed by atoms with Gasteiger partial charge in [-0.25, -0.2) is 4.98 Å². The number of nitrogens with one attached hydrogen (secondary N) is 12. The van der Waals surface area contributed by atoms with Gasteiger partial charge < -0.3 is 106 Å². The Kier molecular flexibility index (Phi) is 21.0. The van der Waals surface area contributed by atoms with Crippen molar-refractivity contribution in [2.24, 2.45) is 10.8 Å². The maximum absolute atomic E-state index is 15.8. The highest BCUT2D eigenvalue weighted by molar-refractivity contribution is 5.98. The number of aromatic nitrogens is 2. The van der Waals surface area contributed by atoms with E-state index in [1.807, 2.05) is 50.2 Å². The SMILES string of the molecule is CCC(=O)NC1Nc2cc3c(cc2NC1NC(=O)CC)Oc1cc2c4cc1C(CC)c1cc5c(cc1O3)Oc1cc3c(cc1Oc1cc6c(cc1C5CC)C(CC)c1cc(c(cc1Oc1cc5c(cc1O6)nc1n5C(=O)C5(C)CC(C)(C(=O)OC)CC1(C)C5)Oc1cc5c(cc1O2)NC(NC(=O)CC)C(NC(=O)CC)N5)C4CC)NC(NC(=O)CC)C(NC(=O)CC)N3. The number of benzene rings is 8. The van der Waals surface area contributed by atoms with Crippen molar-refractivity contribution in [3.8, 4) is 92.0 Å². The summed E-state index contributed by atoms with van der Waals surface area (Å²) in [5.74, 6) is 0.955. The fourth-order valence-corrected chi connectivity index (χ4v) is 21.0. The van der Waals surface area contributed by atoms with Crippen LogP contribution in [0.5, 0.6) is 92.0 Å². The lowest BCUT2D eigenvalue weighted by Crippen LogP contribution is -2.60. The smallest absolute Gasteiger partial charge is 0.311 e. The van der Waals surface area contributed by atoms with Crippen molar-refractivity contribution in [1.29, 1.82) is 0 Å². The molecule has 0 radical (unpaired) electrons. The van der Waals surface area contributed by atoms with Gasteiger partial charge in [0.05, 0.1) is 57.7 Å². The molecule has 1 aliphatic carbocycles. The van der Waals surface area contributed by atoms with E-state index in [0.29, 0.717) is 136 Å². The van der Waals surface area contributed by atoms with Gasteiger partial charge in [0.2, 0.25) is 41.4 Å². The third kappa shape index (κ3) is 14.3. The Morgan fingerprint density at radius 3 is 0.805 bits per heavy atom. The van der Waals surface area contributed by atoms with E-state index in [2.05, 4.69) is 123 Å². The molecule has 1 aromatic heterocycles. The molecule has 666 valence electrons. The van der Waals surface area contributed by atoms with Crippen LogP contribution < -0.4 is 102 Å². The summed E-state index contributed by atoms with van der Waals surface area (Å²) in [5.41, 5.74) is 7.01. The van der Waals surface area contributed by atoms with Gasteiger partial charge >= 0.3 is 5.97 Å². The third-order valence-electron chi connectivity index (χ3n) is 26.9. The minimum absolute atomic E-state index is 0.162. The molecule has 0 spiro atoms. The van der Waals surface area contributed by atoms with E-state index >= 15 is 4.79 Å². The van der Waals surface area contributed by atoms with Gasteiger partial charge in [-0.15, -0.1) is 0 Å². The number of nitrogens with zero attached hydrogens (tertiary/aromatic N) is 2. The van der Waals surface area contributed by atoms with E-state index in [1.54, 1.807) is 82.5 Å². The van der Waals surface area contributed by atoms with Crippen molar-refractivity contribution in [1.82, 2.24) is 41.5 Å². The largest absolute Gasteiger partial charge is 0.469 e. The van der Waals surface area contributed by atoms with E-state index in [-0.39, 0.29) is 132 Å². The van der Waals surface area contributed by atoms with E-state index in [9.17, 15) is 33.6 Å². The summed E-state index contributed by atoms with van der Waals surface area (Å²) in [7, 11) is 1.38. The molecule has 128 heavy (non-hydrogen) atoms. The number of anilines is 6. The highest BCUT2D eigenvalue weighted by atomic mass is 16.6. The number of ether oxygens (including phenoxy) is 9. The van der Waals surface area contributed by atoms with Gasteiger partial charge in [-0.1, -0.05) is 83.1 Å². The molecule has 2 bridgehead atoms. The van der Waals surface area contributed by atoms with Crippen LogP contribution in [0.25, 0.3) is 11.0 Å². The van der Waals surface area contributed by atoms with Crippen LogP contribution in [0.4, 0.5) is 34.1 Å². The lowest BCUT2D eigenvalue weighted by atomic mass is 9.52. The second kappa shape index (κ2) is 32.1. The summed E-state index contributed by atoms with van der Waals surface area (Å²) < 4.78 is 68.2. The fraction of sp³-hybridized carbons (Fsp3) is 0.412. The summed E-state index contributed by atoms with van der Waals surface area (Å²) in [4.78, 5) is 116. The van der Waals surface area contributed by atoms with Gasteiger partial charge in [-0.2, -0.15) is 0 Å². The number of esters is 1. The molecular formula is C97H106N14O17. The number of amides is 6. The van der Waals surface area contributed by atoms with Crippen molar-refractivity contribution >= 4 is 92.5 Å². The van der Waals surface area contributed by atoms with Crippen LogP contribution in [0.1, 0.15) is 252 Å². The molecule has 0 saturated heterocycles. The topological polar surface area (TPSA) is 382 Å². The first kappa shape index (κ1) is 83.9. The summed E-state index contributed by atoms with van der Waals surface area (Å²) in [5, 5.41) is 39.5. The summed E-state index contributed by atoms with van der Waals surface area (Å²) >= 11 is 0. The third-order valence-corrected chi connectivity index (χ3v) is 26.9. The van der Waals surface area contributed by atoms with Gasteiger partial charge in [-0.05, 0) is 76.1 Å². The van der Waals surface area contributed by atoms with Crippen molar-refractivity contribution in [3.05, 3.63) is 147 Å². The Labute approximate surface area is 740 Å². The van der Waals surface area contributed by atoms with Crippen LogP contribution in [0.2, 0.25) is 0 Å². The lowest BCUT2D eigenvalue weighted by molar-refractivity contribution is -0.158. The Bertz CT molecular complexity index is 6170. The molecule has 12 N–H and O–H groups in total. The summed E-state index contributed by atoms with van der Waals surface area (Å²) in [6.07, 6.45) is -1.25. The zero-order valence-electron chi connectivity index (χ0n) is 74.0. The zero-order valence-corrected chi connectivity index (χ0v) is 74.0. The second-order valence-corrected chi connectivity index (χ2v) is 35.7. The number of carbonyl (C=O) groups excluding carboxylic acids is 8. The first-order valence-electron chi connectivity index (χ1n) is 44.8. The quantitative estimate of drug-likeness (QED) is 0.0377. The lowest BCUT2D eigenvalue weighted by Gasteiger charge is -2.53. The molecule has 8 aromatic carbocycles. The number of imidazole rings is 1. The van der Waals surface area contributed by atoms with Crippen LogP contribution in [0.3, 0.4) is 0 Å². The van der Waals surface area contributed by atoms with Crippen LogP contribution in [-0.4, -0.2) is 101 Å². The average molecular weight is 1740 g/mol. The molecule has 31 nitrogen and oxygen atoms in total. The molecule has 9 heterocycles. The molecule has 1 saturated carbocycles. The normalized spacial score (nSPS) is 24.2. The van der Waals surface area contributed by atoms with Gasteiger partial charge in [0.1, 0.15) is 88.8 Å². The van der Waals surface area contributed by atoms with Gasteiger partial charge in [0.15, 0.2) is 46.0 Å². The monoisotopic (exact) mass is 1740 g/mol. The Balaban J connectivity index is 0.905. The standard InChI is InChI=1S/C97H106N14O17/c1-15-44-48-25-50-45(16-2)52-27-54-47(18-4)55-28-53-46(17-3)51-26-49(44)65-38-67(51)124-76-33-60-61(103-91(110-85(117)24-10)90(102-60)109-84(116)23-9)34-77(76)126-69(53)40-71(55)128-79-36-63-62(104-92-95(11)41-96(12,93(118)111(63)92)43-97(13,42-95)94(119)120-14)35-78(79)127-70(54)39-68(52)125-75-32-59-58(100-88(107-82(114)21-7)89(101-59)108-83(115)22-8)31-74(75)123-66(50)37-64(48)121-72-29-56-57(30-73(72)122-65)99-87(106-81(113)20-6)86(98-56)105-80(112)19-5/h25-40,44-47,86-91,98-103H,15-24,41-43H2,1-14H3,(H,105,112)(H,106,113)(H,107,114)(H,108,115)(H,109,116)(H,110,117). The van der Waals surface area contributed by atoms with Crippen molar-refractivity contribution in [3.63, 3.8) is 0 Å². The highest BCUT2D eigenvalue weighted by Crippen LogP contribution is 2.64. The molecule has 9 aromatic rings. The Morgan fingerprint density at radius 1 is 0.336 bits per heavy atom. The maximum atomic E-state index is 15.8. The molecule has 13 atom stereocenters. The van der Waals surface area contributed by atoms with Crippen molar-refractivity contribution < 1.29 is 81.0 Å². The van der Waals surface area contributed by atoms with Crippen LogP contribution in [-0.2, 0) is 43.7 Å². The van der Waals surface area contributed by atoms with Crippen molar-refractivity contribution in [2.75, 3.05) is 39.0 Å². The second-order valence-electron chi connectivity index (χ2n) is 35.7. The molecule has 8 aliphatic heterocycles. The molecule has 6 amide bonds. The van der Waals surface area contributed by atoms with E-state index < -0.39 is 82.9 Å². The highest BCUT2D eigenvalue weighted by Gasteiger charge is 2.61. The van der Waals surface area contributed by atoms with Crippen LogP contribution in [0.15, 0.2) is 97.1 Å². The van der Waals surface area contributed by atoms with E-state index in [4.69, 9.17) is 47.6 Å².